The normalized spacial score (nSPS) is 13.8. The van der Waals surface area contributed by atoms with Gasteiger partial charge in [0.25, 0.3) is 0 Å². The zero-order valence-corrected chi connectivity index (χ0v) is 16.3. The first-order valence-corrected chi connectivity index (χ1v) is 9.28. The molecular formula is C17H29N7O5. The Balaban J connectivity index is 2.90. The molecule has 1 heterocycles. The first-order valence-electron chi connectivity index (χ1n) is 9.28. The van der Waals surface area contributed by atoms with Crippen molar-refractivity contribution in [3.05, 3.63) is 18.2 Å². The van der Waals surface area contributed by atoms with Gasteiger partial charge in [0.1, 0.15) is 18.1 Å². The lowest BCUT2D eigenvalue weighted by molar-refractivity contribution is -0.141. The molecule has 0 aromatic carbocycles. The first-order chi connectivity index (χ1) is 13.8. The van der Waals surface area contributed by atoms with E-state index >= 15 is 0 Å². The van der Waals surface area contributed by atoms with E-state index in [-0.39, 0.29) is 13.0 Å². The number of imidazole rings is 1. The fourth-order valence-electron chi connectivity index (χ4n) is 2.49. The fraction of sp³-hybridized carbons (Fsp3) is 0.588. The number of rotatable bonds is 13. The van der Waals surface area contributed by atoms with Crippen LogP contribution in [0.2, 0.25) is 0 Å². The molecule has 0 saturated heterocycles. The maximum atomic E-state index is 12.7. The van der Waals surface area contributed by atoms with E-state index < -0.39 is 41.8 Å². The molecule has 0 fully saturated rings. The standard InChI is InChI=1S/C17H29N7O5/c1-10(17(28)29)22-16(27)13(6-11-8-20-9-21-11)24-15(26)12(4-2-3-5-18)23-14(25)7-19/h8-10,12-13H,2-7,18-19H2,1H3,(H,20,21)(H,22,27)(H,23,25)(H,24,26)(H,28,29). The van der Waals surface area contributed by atoms with E-state index in [1.54, 1.807) is 0 Å². The zero-order valence-electron chi connectivity index (χ0n) is 16.3. The summed E-state index contributed by atoms with van der Waals surface area (Å²) in [6.45, 7) is 1.47. The lowest BCUT2D eigenvalue weighted by Crippen LogP contribution is -2.56. The minimum atomic E-state index is -1.21. The van der Waals surface area contributed by atoms with Crippen molar-refractivity contribution >= 4 is 23.7 Å². The summed E-state index contributed by atoms with van der Waals surface area (Å²) in [6, 6.07) is -3.11. The molecule has 162 valence electrons. The minimum Gasteiger partial charge on any atom is -0.480 e. The molecule has 0 saturated carbocycles. The summed E-state index contributed by atoms with van der Waals surface area (Å²) in [6.07, 6.45) is 4.54. The molecule has 1 aromatic heterocycles. The molecule has 0 aliphatic heterocycles. The summed E-state index contributed by atoms with van der Waals surface area (Å²) in [5, 5.41) is 16.4. The van der Waals surface area contributed by atoms with Gasteiger partial charge >= 0.3 is 5.97 Å². The number of hydrogen-bond acceptors (Lipinski definition) is 7. The average Bonchev–Trinajstić information content (AvgIpc) is 3.19. The van der Waals surface area contributed by atoms with E-state index in [4.69, 9.17) is 16.6 Å². The van der Waals surface area contributed by atoms with Crippen molar-refractivity contribution in [2.75, 3.05) is 13.1 Å². The molecule has 29 heavy (non-hydrogen) atoms. The second kappa shape index (κ2) is 12.5. The number of H-pyrrole nitrogens is 1. The highest BCUT2D eigenvalue weighted by molar-refractivity contribution is 5.93. The van der Waals surface area contributed by atoms with Crippen LogP contribution in [-0.2, 0) is 25.6 Å². The van der Waals surface area contributed by atoms with E-state index in [0.29, 0.717) is 31.5 Å². The van der Waals surface area contributed by atoms with Crippen LogP contribution < -0.4 is 27.4 Å². The van der Waals surface area contributed by atoms with Crippen LogP contribution >= 0.6 is 0 Å². The predicted octanol–water partition coefficient (Wildman–Crippen LogP) is -2.40. The average molecular weight is 411 g/mol. The number of aliphatic carboxylic acids is 1. The molecule has 3 unspecified atom stereocenters. The molecule has 0 aliphatic rings. The Kier molecular flexibility index (Phi) is 10.3. The van der Waals surface area contributed by atoms with Crippen molar-refractivity contribution < 1.29 is 24.3 Å². The van der Waals surface area contributed by atoms with Gasteiger partial charge in [-0.1, -0.05) is 0 Å². The molecule has 0 spiro atoms. The zero-order chi connectivity index (χ0) is 21.8. The second-order valence-corrected chi connectivity index (χ2v) is 6.52. The molecular weight excluding hydrogens is 382 g/mol. The van der Waals surface area contributed by atoms with Crippen molar-refractivity contribution in [3.8, 4) is 0 Å². The number of aromatic nitrogens is 2. The minimum absolute atomic E-state index is 0.0598. The number of hydrogen-bond donors (Lipinski definition) is 7. The number of nitrogens with zero attached hydrogens (tertiary/aromatic N) is 1. The number of aromatic amines is 1. The van der Waals surface area contributed by atoms with Gasteiger partial charge < -0.3 is 37.5 Å². The Morgan fingerprint density at radius 3 is 2.34 bits per heavy atom. The van der Waals surface area contributed by atoms with Gasteiger partial charge in [0.2, 0.25) is 17.7 Å². The highest BCUT2D eigenvalue weighted by Gasteiger charge is 2.28. The van der Waals surface area contributed by atoms with Crippen molar-refractivity contribution in [1.82, 2.24) is 25.9 Å². The van der Waals surface area contributed by atoms with E-state index in [0.717, 1.165) is 0 Å². The molecule has 3 amide bonds. The van der Waals surface area contributed by atoms with Crippen LogP contribution in [-0.4, -0.2) is 70.0 Å². The predicted molar refractivity (Wildman–Crippen MR) is 103 cm³/mol. The maximum Gasteiger partial charge on any atom is 0.325 e. The fourth-order valence-corrected chi connectivity index (χ4v) is 2.49. The number of amides is 3. The van der Waals surface area contributed by atoms with Gasteiger partial charge in [0, 0.05) is 18.3 Å². The number of unbranched alkanes of at least 4 members (excludes halogenated alkanes) is 1. The van der Waals surface area contributed by atoms with Gasteiger partial charge in [0.15, 0.2) is 0 Å². The third kappa shape index (κ3) is 8.70. The van der Waals surface area contributed by atoms with E-state index in [2.05, 4.69) is 25.9 Å². The number of nitrogens with one attached hydrogen (secondary N) is 4. The van der Waals surface area contributed by atoms with Crippen LogP contribution in [0.3, 0.4) is 0 Å². The Bertz CT molecular complexity index is 680. The van der Waals surface area contributed by atoms with Gasteiger partial charge in [-0.25, -0.2) is 4.98 Å². The summed E-state index contributed by atoms with van der Waals surface area (Å²) in [5.41, 5.74) is 11.3. The Morgan fingerprint density at radius 2 is 1.79 bits per heavy atom. The molecule has 12 heteroatoms. The SMILES string of the molecule is CC(NC(=O)C(Cc1cnc[nH]1)NC(=O)C(CCCCN)NC(=O)CN)C(=O)O. The monoisotopic (exact) mass is 411 g/mol. The first kappa shape index (κ1) is 24.0. The lowest BCUT2D eigenvalue weighted by Gasteiger charge is -2.23. The molecule has 12 nitrogen and oxygen atoms in total. The highest BCUT2D eigenvalue weighted by atomic mass is 16.4. The van der Waals surface area contributed by atoms with Crippen LogP contribution in [0.1, 0.15) is 31.9 Å². The van der Waals surface area contributed by atoms with Gasteiger partial charge in [-0.15, -0.1) is 0 Å². The summed E-state index contributed by atoms with van der Waals surface area (Å²) < 4.78 is 0. The van der Waals surface area contributed by atoms with Crippen LogP contribution in [0.4, 0.5) is 0 Å². The highest BCUT2D eigenvalue weighted by Crippen LogP contribution is 2.05. The topological polar surface area (TPSA) is 205 Å². The number of nitrogens with two attached hydrogens (primary N) is 2. The smallest absolute Gasteiger partial charge is 0.325 e. The van der Waals surface area contributed by atoms with Crippen molar-refractivity contribution in [2.45, 2.75) is 50.7 Å². The van der Waals surface area contributed by atoms with Crippen molar-refractivity contribution in [2.24, 2.45) is 11.5 Å². The quantitative estimate of drug-likeness (QED) is 0.174. The molecule has 1 aromatic rings. The number of carboxylic acid groups (broad SMARTS) is 1. The molecule has 0 radical (unpaired) electrons. The molecule has 0 bridgehead atoms. The van der Waals surface area contributed by atoms with Crippen molar-refractivity contribution in [3.63, 3.8) is 0 Å². The van der Waals surface area contributed by atoms with E-state index in [9.17, 15) is 19.2 Å². The number of carboxylic acids is 1. The number of carbonyl (C=O) groups is 4. The molecule has 1 rings (SSSR count). The van der Waals surface area contributed by atoms with Crippen LogP contribution in [0.5, 0.6) is 0 Å². The van der Waals surface area contributed by atoms with Gasteiger partial charge in [-0.2, -0.15) is 0 Å². The maximum absolute atomic E-state index is 12.7. The van der Waals surface area contributed by atoms with Gasteiger partial charge in [-0.3, -0.25) is 19.2 Å². The third-order valence-electron chi connectivity index (χ3n) is 4.13. The third-order valence-corrected chi connectivity index (χ3v) is 4.13. The van der Waals surface area contributed by atoms with Crippen LogP contribution in [0.15, 0.2) is 12.5 Å². The van der Waals surface area contributed by atoms with Crippen LogP contribution in [0, 0.1) is 0 Å². The van der Waals surface area contributed by atoms with E-state index in [1.807, 2.05) is 0 Å². The van der Waals surface area contributed by atoms with Gasteiger partial charge in [0.05, 0.1) is 12.9 Å². The Hall–Kier alpha value is -2.99. The molecule has 3 atom stereocenters. The summed E-state index contributed by atoms with van der Waals surface area (Å²) in [7, 11) is 0. The summed E-state index contributed by atoms with van der Waals surface area (Å²) >= 11 is 0. The Labute approximate surface area is 168 Å². The summed E-state index contributed by atoms with van der Waals surface area (Å²) in [4.78, 5) is 54.6. The number of carbonyl (C=O) groups excluding carboxylic acids is 3. The second-order valence-electron chi connectivity index (χ2n) is 6.52. The Morgan fingerprint density at radius 1 is 1.10 bits per heavy atom. The lowest BCUT2D eigenvalue weighted by atomic mass is 10.1. The molecule has 0 aliphatic carbocycles. The summed E-state index contributed by atoms with van der Waals surface area (Å²) in [5.74, 6) is -2.97. The van der Waals surface area contributed by atoms with Crippen molar-refractivity contribution in [1.29, 1.82) is 0 Å². The molecule has 9 N–H and O–H groups in total. The van der Waals surface area contributed by atoms with Gasteiger partial charge in [-0.05, 0) is 32.7 Å². The largest absolute Gasteiger partial charge is 0.480 e. The van der Waals surface area contributed by atoms with E-state index in [1.165, 1.54) is 19.4 Å². The van der Waals surface area contributed by atoms with Crippen LogP contribution in [0.25, 0.3) is 0 Å².